The van der Waals surface area contributed by atoms with Gasteiger partial charge in [-0.2, -0.15) is 12.6 Å². The van der Waals surface area contributed by atoms with Crippen LogP contribution >= 0.6 is 12.6 Å². The number of hydrogen-bond donors (Lipinski definition) is 1. The molecule has 0 aromatic carbocycles. The van der Waals surface area contributed by atoms with Gasteiger partial charge in [0, 0.05) is 13.1 Å². The predicted molar refractivity (Wildman–Crippen MR) is 62.5 cm³/mol. The third kappa shape index (κ3) is 3.90. The van der Waals surface area contributed by atoms with E-state index in [1.54, 1.807) is 0 Å². The standard InChI is InChI=1S/C11H23NS/c1-10(2,3)7-12(4)8-11(9-13)5-6-11/h13H,5-9H2,1-4H3. The van der Waals surface area contributed by atoms with Gasteiger partial charge >= 0.3 is 0 Å². The Balaban J connectivity index is 2.29. The topological polar surface area (TPSA) is 3.24 Å². The number of hydrogen-bond acceptors (Lipinski definition) is 2. The largest absolute Gasteiger partial charge is 0.305 e. The van der Waals surface area contributed by atoms with E-state index >= 15 is 0 Å². The minimum atomic E-state index is 0.418. The van der Waals surface area contributed by atoms with Gasteiger partial charge in [0.2, 0.25) is 0 Å². The van der Waals surface area contributed by atoms with E-state index in [9.17, 15) is 0 Å². The maximum Gasteiger partial charge on any atom is 0.00430 e. The molecule has 0 unspecified atom stereocenters. The minimum absolute atomic E-state index is 0.418. The summed E-state index contributed by atoms with van der Waals surface area (Å²) in [6.45, 7) is 9.30. The zero-order chi connectivity index (χ0) is 10.1. The number of rotatable bonds is 4. The molecule has 1 saturated carbocycles. The first-order valence-corrected chi connectivity index (χ1v) is 5.80. The molecule has 0 aliphatic heterocycles. The molecule has 1 fully saturated rings. The Hall–Kier alpha value is 0.310. The third-order valence-corrected chi connectivity index (χ3v) is 3.31. The number of thiol groups is 1. The molecule has 0 heterocycles. The van der Waals surface area contributed by atoms with Crippen molar-refractivity contribution >= 4 is 12.6 Å². The van der Waals surface area contributed by atoms with Crippen LogP contribution in [-0.4, -0.2) is 30.8 Å². The normalized spacial score (nSPS) is 20.8. The van der Waals surface area contributed by atoms with E-state index in [4.69, 9.17) is 0 Å². The Bertz CT molecular complexity index is 167. The van der Waals surface area contributed by atoms with Crippen LogP contribution < -0.4 is 0 Å². The fraction of sp³-hybridized carbons (Fsp3) is 1.00. The maximum absolute atomic E-state index is 4.42. The lowest BCUT2D eigenvalue weighted by atomic mass is 9.95. The molecule has 0 atom stereocenters. The molecular formula is C11H23NS. The van der Waals surface area contributed by atoms with Crippen LogP contribution in [0.15, 0.2) is 0 Å². The lowest BCUT2D eigenvalue weighted by molar-refractivity contribution is 0.199. The van der Waals surface area contributed by atoms with Crippen LogP contribution in [0.3, 0.4) is 0 Å². The lowest BCUT2D eigenvalue weighted by Gasteiger charge is -2.29. The summed E-state index contributed by atoms with van der Waals surface area (Å²) in [5.74, 6) is 1.06. The quantitative estimate of drug-likeness (QED) is 0.684. The van der Waals surface area contributed by atoms with Gasteiger partial charge in [-0.1, -0.05) is 20.8 Å². The summed E-state index contributed by atoms with van der Waals surface area (Å²) in [5, 5.41) is 0. The maximum atomic E-state index is 4.42. The SMILES string of the molecule is CN(CC(C)(C)C)CC1(CS)CC1. The second-order valence-electron chi connectivity index (χ2n) is 5.89. The van der Waals surface area contributed by atoms with E-state index in [1.165, 1.54) is 25.9 Å². The molecule has 78 valence electrons. The van der Waals surface area contributed by atoms with Crippen LogP contribution in [0.25, 0.3) is 0 Å². The van der Waals surface area contributed by atoms with Gasteiger partial charge in [0.1, 0.15) is 0 Å². The van der Waals surface area contributed by atoms with E-state index in [1.807, 2.05) is 0 Å². The molecule has 0 radical (unpaired) electrons. The highest BCUT2D eigenvalue weighted by Gasteiger charge is 2.42. The van der Waals surface area contributed by atoms with E-state index in [0.717, 1.165) is 5.75 Å². The molecule has 0 bridgehead atoms. The molecule has 1 aliphatic carbocycles. The van der Waals surface area contributed by atoms with Crippen LogP contribution in [0.5, 0.6) is 0 Å². The highest BCUT2D eigenvalue weighted by Crippen LogP contribution is 2.47. The molecule has 0 spiro atoms. The summed E-state index contributed by atoms with van der Waals surface area (Å²) in [5.41, 5.74) is 0.991. The zero-order valence-electron chi connectivity index (χ0n) is 9.43. The summed E-state index contributed by atoms with van der Waals surface area (Å²) in [7, 11) is 2.23. The van der Waals surface area contributed by atoms with Crippen LogP contribution in [0, 0.1) is 10.8 Å². The van der Waals surface area contributed by atoms with Crippen molar-refractivity contribution in [3.8, 4) is 0 Å². The van der Waals surface area contributed by atoms with Crippen molar-refractivity contribution in [3.63, 3.8) is 0 Å². The van der Waals surface area contributed by atoms with E-state index in [0.29, 0.717) is 10.8 Å². The Labute approximate surface area is 88.3 Å². The molecular weight excluding hydrogens is 178 g/mol. The van der Waals surface area contributed by atoms with Gasteiger partial charge in [0.25, 0.3) is 0 Å². The van der Waals surface area contributed by atoms with Crippen molar-refractivity contribution < 1.29 is 0 Å². The molecule has 13 heavy (non-hydrogen) atoms. The first kappa shape index (κ1) is 11.4. The molecule has 0 saturated heterocycles. The minimum Gasteiger partial charge on any atom is -0.305 e. The smallest absolute Gasteiger partial charge is 0.00430 e. The predicted octanol–water partition coefficient (Wildman–Crippen LogP) is 2.67. The summed E-state index contributed by atoms with van der Waals surface area (Å²) in [6, 6.07) is 0. The van der Waals surface area contributed by atoms with E-state index in [-0.39, 0.29) is 0 Å². The van der Waals surface area contributed by atoms with Crippen molar-refractivity contribution in [3.05, 3.63) is 0 Å². The Kier molecular flexibility index (Phi) is 3.34. The molecule has 0 N–H and O–H groups in total. The average Bonchev–Trinajstić information content (AvgIpc) is 2.65. The summed E-state index contributed by atoms with van der Waals surface area (Å²) >= 11 is 4.42. The second-order valence-corrected chi connectivity index (χ2v) is 6.21. The summed E-state index contributed by atoms with van der Waals surface area (Å²) < 4.78 is 0. The number of nitrogens with zero attached hydrogens (tertiary/aromatic N) is 1. The fourth-order valence-corrected chi connectivity index (χ4v) is 2.40. The van der Waals surface area contributed by atoms with Crippen LogP contribution in [0.1, 0.15) is 33.6 Å². The molecule has 2 heteroatoms. The average molecular weight is 201 g/mol. The zero-order valence-corrected chi connectivity index (χ0v) is 10.3. The molecule has 0 amide bonds. The van der Waals surface area contributed by atoms with Crippen molar-refractivity contribution in [2.24, 2.45) is 10.8 Å². The van der Waals surface area contributed by atoms with Gasteiger partial charge < -0.3 is 4.90 Å². The van der Waals surface area contributed by atoms with Crippen molar-refractivity contribution in [2.45, 2.75) is 33.6 Å². The van der Waals surface area contributed by atoms with Gasteiger partial charge in [0.15, 0.2) is 0 Å². The first-order valence-electron chi connectivity index (χ1n) is 5.16. The van der Waals surface area contributed by atoms with E-state index in [2.05, 4.69) is 45.3 Å². The van der Waals surface area contributed by atoms with Crippen molar-refractivity contribution in [1.82, 2.24) is 4.90 Å². The Morgan fingerprint density at radius 3 is 2.15 bits per heavy atom. The van der Waals surface area contributed by atoms with Gasteiger partial charge in [-0.15, -0.1) is 0 Å². The third-order valence-electron chi connectivity index (χ3n) is 2.64. The van der Waals surface area contributed by atoms with Gasteiger partial charge in [0.05, 0.1) is 0 Å². The highest BCUT2D eigenvalue weighted by molar-refractivity contribution is 7.80. The van der Waals surface area contributed by atoms with Crippen molar-refractivity contribution in [2.75, 3.05) is 25.9 Å². The lowest BCUT2D eigenvalue weighted by Crippen LogP contribution is -2.34. The van der Waals surface area contributed by atoms with E-state index < -0.39 is 0 Å². The first-order chi connectivity index (χ1) is 5.87. The van der Waals surface area contributed by atoms with Gasteiger partial charge in [-0.3, -0.25) is 0 Å². The summed E-state index contributed by atoms with van der Waals surface area (Å²) in [4.78, 5) is 2.46. The Morgan fingerprint density at radius 1 is 1.31 bits per heavy atom. The van der Waals surface area contributed by atoms with Gasteiger partial charge in [-0.25, -0.2) is 0 Å². The van der Waals surface area contributed by atoms with Crippen LogP contribution in [0.2, 0.25) is 0 Å². The monoisotopic (exact) mass is 201 g/mol. The van der Waals surface area contributed by atoms with Crippen LogP contribution in [-0.2, 0) is 0 Å². The molecule has 1 aliphatic rings. The summed E-state index contributed by atoms with van der Waals surface area (Å²) in [6.07, 6.45) is 2.76. The highest BCUT2D eigenvalue weighted by atomic mass is 32.1. The fourth-order valence-electron chi connectivity index (χ4n) is 1.98. The molecule has 0 aromatic heterocycles. The van der Waals surface area contributed by atoms with Crippen LogP contribution in [0.4, 0.5) is 0 Å². The molecule has 1 rings (SSSR count). The van der Waals surface area contributed by atoms with Crippen molar-refractivity contribution in [1.29, 1.82) is 0 Å². The molecule has 0 aromatic rings. The van der Waals surface area contributed by atoms with Gasteiger partial charge in [-0.05, 0) is 36.5 Å². The second kappa shape index (κ2) is 3.82. The Morgan fingerprint density at radius 2 is 1.85 bits per heavy atom. The molecule has 1 nitrogen and oxygen atoms in total.